The molecule has 1 saturated heterocycles. The van der Waals surface area contributed by atoms with Crippen LogP contribution < -0.4 is 10.4 Å². The summed E-state index contributed by atoms with van der Waals surface area (Å²) < 4.78 is 45.1. The first kappa shape index (κ1) is 34.0. The highest BCUT2D eigenvalue weighted by Crippen LogP contribution is 2.39. The van der Waals surface area contributed by atoms with Crippen LogP contribution in [0.1, 0.15) is 51.2 Å². The van der Waals surface area contributed by atoms with E-state index in [1.54, 1.807) is 16.4 Å². The average molecular weight is 654 g/mol. The zero-order chi connectivity index (χ0) is 32.8. The molecule has 0 unspecified atom stereocenters. The zero-order valence-electron chi connectivity index (χ0n) is 27.5. The van der Waals surface area contributed by atoms with Crippen molar-refractivity contribution in [1.82, 2.24) is 4.31 Å². The molecule has 242 valence electrons. The van der Waals surface area contributed by atoms with Crippen molar-refractivity contribution in [3.05, 3.63) is 139 Å². The number of hydrogen-bond acceptors (Lipinski definition) is 4. The van der Waals surface area contributed by atoms with Crippen LogP contribution in [0, 0.1) is 6.92 Å². The summed E-state index contributed by atoms with van der Waals surface area (Å²) in [4.78, 5) is 0.284. The molecule has 0 aromatic heterocycles. The van der Waals surface area contributed by atoms with Crippen LogP contribution in [0.15, 0.2) is 133 Å². The van der Waals surface area contributed by atoms with Gasteiger partial charge in [-0.05, 0) is 59.3 Å². The summed E-state index contributed by atoms with van der Waals surface area (Å²) in [6.45, 7) is 13.3. The maximum atomic E-state index is 14.7. The Bertz CT molecular complexity index is 1620. The SMILES string of the molecule is C=CC[C@@H]1CC[C@H](OCc2ccccc2)[C@H](CO[Si](c2ccccc2)(c2ccccc2)C(C)(C)C)N1S(=O)(=O)c1ccc(C)cc1. The Morgan fingerprint density at radius 3 is 1.89 bits per heavy atom. The molecule has 3 atom stereocenters. The molecular formula is C39H47NO4SSi. The molecular weight excluding hydrogens is 607 g/mol. The van der Waals surface area contributed by atoms with E-state index in [4.69, 9.17) is 9.16 Å². The molecule has 0 aliphatic carbocycles. The number of sulfonamides is 1. The first-order valence-corrected chi connectivity index (χ1v) is 19.5. The summed E-state index contributed by atoms with van der Waals surface area (Å²) in [6.07, 6.45) is 3.41. The van der Waals surface area contributed by atoms with Crippen molar-refractivity contribution in [3.63, 3.8) is 0 Å². The van der Waals surface area contributed by atoms with E-state index >= 15 is 0 Å². The molecule has 0 spiro atoms. The van der Waals surface area contributed by atoms with Gasteiger partial charge in [-0.3, -0.25) is 0 Å². The Kier molecular flexibility index (Phi) is 10.8. The van der Waals surface area contributed by atoms with Crippen molar-refractivity contribution in [2.45, 2.75) is 81.7 Å². The molecule has 0 N–H and O–H groups in total. The predicted molar refractivity (Wildman–Crippen MR) is 190 cm³/mol. The molecule has 4 aromatic carbocycles. The number of benzene rings is 4. The fourth-order valence-corrected chi connectivity index (χ4v) is 13.3. The molecule has 7 heteroatoms. The van der Waals surface area contributed by atoms with Crippen molar-refractivity contribution in [2.24, 2.45) is 0 Å². The summed E-state index contributed by atoms with van der Waals surface area (Å²) in [5, 5.41) is 2.05. The highest BCUT2D eigenvalue weighted by Gasteiger charge is 2.52. The van der Waals surface area contributed by atoms with Crippen molar-refractivity contribution >= 4 is 28.7 Å². The van der Waals surface area contributed by atoms with Gasteiger partial charge in [0.25, 0.3) is 8.32 Å². The van der Waals surface area contributed by atoms with Crippen LogP contribution in [-0.2, 0) is 25.8 Å². The lowest BCUT2D eigenvalue weighted by molar-refractivity contribution is -0.0544. The molecule has 5 nitrogen and oxygen atoms in total. The van der Waals surface area contributed by atoms with E-state index in [0.29, 0.717) is 19.4 Å². The monoisotopic (exact) mass is 653 g/mol. The summed E-state index contributed by atoms with van der Waals surface area (Å²) in [7, 11) is -6.87. The lowest BCUT2D eigenvalue weighted by Crippen LogP contribution is -2.68. The van der Waals surface area contributed by atoms with Gasteiger partial charge in [-0.15, -0.1) is 6.58 Å². The summed E-state index contributed by atoms with van der Waals surface area (Å²) in [5.41, 5.74) is 2.06. The van der Waals surface area contributed by atoms with Crippen molar-refractivity contribution in [3.8, 4) is 0 Å². The second kappa shape index (κ2) is 14.6. The van der Waals surface area contributed by atoms with E-state index in [1.165, 1.54) is 0 Å². The molecule has 1 heterocycles. The molecule has 0 saturated carbocycles. The Morgan fingerprint density at radius 1 is 0.826 bits per heavy atom. The third kappa shape index (κ3) is 7.14. The smallest absolute Gasteiger partial charge is 0.261 e. The van der Waals surface area contributed by atoms with Gasteiger partial charge >= 0.3 is 0 Å². The number of ether oxygens (including phenoxy) is 1. The van der Waals surface area contributed by atoms with Crippen LogP contribution in [0.3, 0.4) is 0 Å². The van der Waals surface area contributed by atoms with E-state index in [9.17, 15) is 8.42 Å². The minimum atomic E-state index is -3.91. The predicted octanol–water partition coefficient (Wildman–Crippen LogP) is 7.25. The maximum absolute atomic E-state index is 14.7. The third-order valence-electron chi connectivity index (χ3n) is 9.13. The van der Waals surface area contributed by atoms with Gasteiger partial charge < -0.3 is 9.16 Å². The molecule has 46 heavy (non-hydrogen) atoms. The molecule has 0 amide bonds. The number of hydrogen-bond donors (Lipinski definition) is 0. The fourth-order valence-electron chi connectivity index (χ4n) is 6.86. The lowest BCUT2D eigenvalue weighted by Gasteiger charge is -2.48. The van der Waals surface area contributed by atoms with E-state index in [2.05, 4.69) is 75.9 Å². The quantitative estimate of drug-likeness (QED) is 0.119. The van der Waals surface area contributed by atoms with E-state index < -0.39 is 24.4 Å². The van der Waals surface area contributed by atoms with Crippen molar-refractivity contribution < 1.29 is 17.6 Å². The average Bonchev–Trinajstić information content (AvgIpc) is 3.05. The summed E-state index contributed by atoms with van der Waals surface area (Å²) in [6, 6.07) is 37.4. The summed E-state index contributed by atoms with van der Waals surface area (Å²) >= 11 is 0. The standard InChI is InChI=1S/C39H47NO4SSi/c1-6-16-33-25-28-38(43-29-32-17-10-7-11-18-32)37(40(33)45(41,42)34-26-23-31(2)24-27-34)30-44-46(39(3,4)5,35-19-12-8-13-20-35)36-21-14-9-15-22-36/h6-15,17-24,26-27,33,37-38H,1,16,25,28-30H2,2-5H3/t33-,37+,38+/m1/s1. The minimum Gasteiger partial charge on any atom is -0.406 e. The zero-order valence-corrected chi connectivity index (χ0v) is 29.3. The van der Waals surface area contributed by atoms with Crippen LogP contribution in [0.2, 0.25) is 5.04 Å². The first-order chi connectivity index (χ1) is 22.1. The highest BCUT2D eigenvalue weighted by atomic mass is 32.2. The highest BCUT2D eigenvalue weighted by molar-refractivity contribution is 7.89. The van der Waals surface area contributed by atoms with Crippen LogP contribution in [-0.4, -0.2) is 45.8 Å². The van der Waals surface area contributed by atoms with E-state index in [-0.39, 0.29) is 28.7 Å². The van der Waals surface area contributed by atoms with Crippen LogP contribution >= 0.6 is 0 Å². The van der Waals surface area contributed by atoms with Gasteiger partial charge in [0.1, 0.15) is 0 Å². The van der Waals surface area contributed by atoms with Crippen LogP contribution in [0.5, 0.6) is 0 Å². The normalized spacial score (nSPS) is 19.5. The van der Waals surface area contributed by atoms with Crippen molar-refractivity contribution in [1.29, 1.82) is 0 Å². The van der Waals surface area contributed by atoms with Gasteiger partial charge in [0.15, 0.2) is 0 Å². The molecule has 1 aliphatic rings. The van der Waals surface area contributed by atoms with E-state index in [0.717, 1.165) is 27.9 Å². The van der Waals surface area contributed by atoms with E-state index in [1.807, 2.05) is 67.6 Å². The minimum absolute atomic E-state index is 0.200. The number of rotatable bonds is 12. The molecule has 0 bridgehead atoms. The largest absolute Gasteiger partial charge is 0.406 e. The van der Waals surface area contributed by atoms with Gasteiger partial charge in [-0.1, -0.05) is 136 Å². The lowest BCUT2D eigenvalue weighted by atomic mass is 9.94. The molecule has 4 aromatic rings. The van der Waals surface area contributed by atoms with Gasteiger partial charge in [-0.25, -0.2) is 8.42 Å². The van der Waals surface area contributed by atoms with Crippen LogP contribution in [0.4, 0.5) is 0 Å². The van der Waals surface area contributed by atoms with Gasteiger partial charge in [-0.2, -0.15) is 4.31 Å². The van der Waals surface area contributed by atoms with Crippen LogP contribution in [0.25, 0.3) is 0 Å². The molecule has 5 rings (SSSR count). The number of nitrogens with zero attached hydrogens (tertiary/aromatic N) is 1. The van der Waals surface area contributed by atoms with Crippen molar-refractivity contribution in [2.75, 3.05) is 6.61 Å². The van der Waals surface area contributed by atoms with Gasteiger partial charge in [0.2, 0.25) is 10.0 Å². The summed E-state index contributed by atoms with van der Waals surface area (Å²) in [5.74, 6) is 0. The Morgan fingerprint density at radius 2 is 1.37 bits per heavy atom. The van der Waals surface area contributed by atoms with Gasteiger partial charge in [0.05, 0.1) is 30.3 Å². The maximum Gasteiger partial charge on any atom is 0.261 e. The molecule has 1 fully saturated rings. The Hall–Kier alpha value is -3.33. The second-order valence-corrected chi connectivity index (χ2v) is 19.4. The number of aryl methyl sites for hydroxylation is 1. The first-order valence-electron chi connectivity index (χ1n) is 16.2. The molecule has 0 radical (unpaired) electrons. The third-order valence-corrected chi connectivity index (χ3v) is 16.1. The second-order valence-electron chi connectivity index (χ2n) is 13.3. The molecule has 1 aliphatic heterocycles. The van der Waals surface area contributed by atoms with Gasteiger partial charge in [0, 0.05) is 6.04 Å². The Balaban J connectivity index is 1.62. The number of piperidine rings is 1. The Labute approximate surface area is 277 Å². The topological polar surface area (TPSA) is 55.8 Å². The fraction of sp³-hybridized carbons (Fsp3) is 0.333.